The third-order valence-electron chi connectivity index (χ3n) is 11.6. The number of phenolic OH excluding ortho intramolecular Hbond substituents is 2. The van der Waals surface area contributed by atoms with Crippen molar-refractivity contribution in [3.8, 4) is 34.5 Å². The molecule has 6 aromatic rings. The third kappa shape index (κ3) is 11.3. The highest BCUT2D eigenvalue weighted by Gasteiger charge is 2.27. The van der Waals surface area contributed by atoms with E-state index >= 15 is 0 Å². The molecule has 63 heavy (non-hydrogen) atoms. The Morgan fingerprint density at radius 3 is 0.921 bits per heavy atom. The fraction of sp³-hybridized carbons (Fsp3) is 0.333. The van der Waals surface area contributed by atoms with Crippen molar-refractivity contribution >= 4 is 23.8 Å². The predicted octanol–water partition coefficient (Wildman–Crippen LogP) is 15.7. The molecule has 6 aromatic carbocycles. The monoisotopic (exact) mass is 843 g/mol. The highest BCUT2D eigenvalue weighted by Crippen LogP contribution is 2.40. The molecule has 0 atom stereocenters. The summed E-state index contributed by atoms with van der Waals surface area (Å²) in [5.41, 5.74) is 8.60. The van der Waals surface area contributed by atoms with Crippen LogP contribution in [0.3, 0.4) is 0 Å². The van der Waals surface area contributed by atoms with Crippen molar-refractivity contribution in [2.45, 2.75) is 124 Å². The number of ether oxygens (including phenoxy) is 2. The first-order chi connectivity index (χ1) is 29.3. The van der Waals surface area contributed by atoms with Crippen LogP contribution < -0.4 is 9.47 Å². The van der Waals surface area contributed by atoms with E-state index in [9.17, 15) is 10.2 Å². The average Bonchev–Trinajstić information content (AvgIpc) is 3.20. The van der Waals surface area contributed by atoms with Gasteiger partial charge in [0, 0.05) is 40.1 Å². The molecule has 0 amide bonds. The van der Waals surface area contributed by atoms with Crippen molar-refractivity contribution in [1.29, 1.82) is 0 Å². The van der Waals surface area contributed by atoms with Crippen molar-refractivity contribution < 1.29 is 19.7 Å². The van der Waals surface area contributed by atoms with Gasteiger partial charge in [-0.2, -0.15) is 0 Å². The van der Waals surface area contributed by atoms with Crippen molar-refractivity contribution in [2.24, 2.45) is 9.98 Å². The number of nitrogens with zero attached hydrogens (tertiary/aromatic N) is 2. The number of rotatable bonds is 10. The van der Waals surface area contributed by atoms with Gasteiger partial charge >= 0.3 is 0 Å². The Hall–Kier alpha value is -6.14. The molecule has 328 valence electrons. The lowest BCUT2D eigenvalue weighted by Gasteiger charge is -2.27. The molecule has 0 bridgehead atoms. The maximum absolute atomic E-state index is 11.2. The molecule has 0 unspecified atom stereocenters. The van der Waals surface area contributed by atoms with Crippen molar-refractivity contribution in [3.63, 3.8) is 0 Å². The zero-order valence-corrected chi connectivity index (χ0v) is 39.8. The Morgan fingerprint density at radius 1 is 0.365 bits per heavy atom. The molecule has 0 heterocycles. The summed E-state index contributed by atoms with van der Waals surface area (Å²) in [4.78, 5) is 9.40. The topological polar surface area (TPSA) is 83.6 Å². The second-order valence-corrected chi connectivity index (χ2v) is 21.3. The van der Waals surface area contributed by atoms with E-state index in [4.69, 9.17) is 19.5 Å². The number of aliphatic imine (C=N–C) groups is 2. The molecular weight excluding hydrogens is 777 g/mol. The first-order valence-corrected chi connectivity index (χ1v) is 21.9. The molecule has 6 heteroatoms. The van der Waals surface area contributed by atoms with Crippen molar-refractivity contribution in [1.82, 2.24) is 0 Å². The van der Waals surface area contributed by atoms with Crippen LogP contribution in [0.5, 0.6) is 34.5 Å². The first-order valence-electron chi connectivity index (χ1n) is 21.9. The number of phenols is 2. The normalized spacial score (nSPS) is 12.9. The van der Waals surface area contributed by atoms with Crippen LogP contribution in [0.25, 0.3) is 0 Å². The van der Waals surface area contributed by atoms with Crippen molar-refractivity contribution in [3.05, 3.63) is 166 Å². The summed E-state index contributed by atoms with van der Waals surface area (Å²) in [6.07, 6.45) is 3.49. The number of benzene rings is 6. The standard InChI is InChI=1S/C57H66N2O4/c1-53(2,3)41-31-37(51(60)49(33-41)55(7,8)9)35-58-43-19-27-47(28-20-43)62-45-23-15-39(16-24-45)57(13,14)40-17-25-46(26-18-40)63-48-29-21-44(22-30-48)59-36-38-32-42(54(4,5)6)34-50(52(38)61)56(10,11)12/h15-36,60-61H,1-14H3. The average molecular weight is 843 g/mol. The minimum absolute atomic E-state index is 0.0651. The SMILES string of the molecule is CC(C)(C)c1cc(C=Nc2ccc(Oc3ccc(C(C)(C)c4ccc(Oc5ccc(N=Cc6cc(C(C)(C)C)cc(C(C)(C)C)c6O)cc5)cc4)cc3)cc2)c(O)c(C(C)(C)C)c1. The Labute approximate surface area is 376 Å². The zero-order chi connectivity index (χ0) is 46.1. The second kappa shape index (κ2) is 17.6. The summed E-state index contributed by atoms with van der Waals surface area (Å²) in [5.74, 6) is 3.45. The fourth-order valence-electron chi connectivity index (χ4n) is 7.33. The van der Waals surface area contributed by atoms with Crippen LogP contribution in [0.4, 0.5) is 11.4 Å². The van der Waals surface area contributed by atoms with Gasteiger partial charge in [0.25, 0.3) is 0 Å². The largest absolute Gasteiger partial charge is 0.507 e. The Kier molecular flexibility index (Phi) is 12.9. The molecule has 0 radical (unpaired) electrons. The summed E-state index contributed by atoms with van der Waals surface area (Å²) in [6, 6.07) is 40.0. The van der Waals surface area contributed by atoms with Gasteiger partial charge in [0.15, 0.2) is 0 Å². The molecule has 2 N–H and O–H groups in total. The molecule has 0 aliphatic carbocycles. The third-order valence-corrected chi connectivity index (χ3v) is 11.6. The molecule has 0 fully saturated rings. The van der Waals surface area contributed by atoms with Gasteiger partial charge in [0.2, 0.25) is 0 Å². The van der Waals surface area contributed by atoms with Crippen LogP contribution >= 0.6 is 0 Å². The molecule has 0 saturated carbocycles. The second-order valence-electron chi connectivity index (χ2n) is 21.3. The Bertz CT molecular complexity index is 2410. The van der Waals surface area contributed by atoms with E-state index in [0.29, 0.717) is 22.6 Å². The molecule has 0 aromatic heterocycles. The number of hydrogen-bond acceptors (Lipinski definition) is 6. The minimum atomic E-state index is -0.265. The molecule has 0 spiro atoms. The van der Waals surface area contributed by atoms with Gasteiger partial charge in [-0.25, -0.2) is 0 Å². The lowest BCUT2D eigenvalue weighted by Crippen LogP contribution is -2.18. The first kappa shape index (κ1) is 46.4. The molecule has 0 aliphatic rings. The molecule has 0 aliphatic heterocycles. The van der Waals surface area contributed by atoms with Crippen LogP contribution in [0.15, 0.2) is 131 Å². The Morgan fingerprint density at radius 2 is 0.651 bits per heavy atom. The zero-order valence-electron chi connectivity index (χ0n) is 39.8. The van der Waals surface area contributed by atoms with Gasteiger partial charge in [-0.1, -0.05) is 133 Å². The summed E-state index contributed by atoms with van der Waals surface area (Å²) in [7, 11) is 0. The maximum Gasteiger partial charge on any atom is 0.128 e. The predicted molar refractivity (Wildman–Crippen MR) is 264 cm³/mol. The van der Waals surface area contributed by atoms with Crippen LogP contribution in [0.2, 0.25) is 0 Å². The van der Waals surface area contributed by atoms with E-state index in [0.717, 1.165) is 56.3 Å². The summed E-state index contributed by atoms with van der Waals surface area (Å²) >= 11 is 0. The quantitative estimate of drug-likeness (QED) is 0.135. The molecule has 0 saturated heterocycles. The van der Waals surface area contributed by atoms with Crippen molar-refractivity contribution in [2.75, 3.05) is 0 Å². The van der Waals surface area contributed by atoms with Gasteiger partial charge < -0.3 is 19.7 Å². The van der Waals surface area contributed by atoms with Gasteiger partial charge in [-0.3, -0.25) is 9.98 Å². The molecular formula is C57H66N2O4. The summed E-state index contributed by atoms with van der Waals surface area (Å²) in [5, 5.41) is 22.3. The fourth-order valence-corrected chi connectivity index (χ4v) is 7.33. The van der Waals surface area contributed by atoms with E-state index < -0.39 is 0 Å². The lowest BCUT2D eigenvalue weighted by atomic mass is 9.78. The van der Waals surface area contributed by atoms with Gasteiger partial charge in [-0.05, 0) is 129 Å². The number of aromatic hydroxyl groups is 2. The van der Waals surface area contributed by atoms with E-state index in [2.05, 4.69) is 133 Å². The highest BCUT2D eigenvalue weighted by molar-refractivity contribution is 5.87. The molecule has 6 rings (SSSR count). The highest BCUT2D eigenvalue weighted by atomic mass is 16.5. The summed E-state index contributed by atoms with van der Waals surface area (Å²) in [6.45, 7) is 30.2. The van der Waals surface area contributed by atoms with E-state index in [1.807, 2.05) is 84.9 Å². The Balaban J connectivity index is 1.07. The minimum Gasteiger partial charge on any atom is -0.507 e. The van der Waals surface area contributed by atoms with Gasteiger partial charge in [0.1, 0.15) is 34.5 Å². The van der Waals surface area contributed by atoms with Crippen LogP contribution in [-0.4, -0.2) is 22.6 Å². The van der Waals surface area contributed by atoms with Crippen LogP contribution in [-0.2, 0) is 27.1 Å². The van der Waals surface area contributed by atoms with Gasteiger partial charge in [-0.15, -0.1) is 0 Å². The van der Waals surface area contributed by atoms with E-state index in [1.54, 1.807) is 12.4 Å². The van der Waals surface area contributed by atoms with Crippen LogP contribution in [0, 0.1) is 0 Å². The molecule has 6 nitrogen and oxygen atoms in total. The maximum atomic E-state index is 11.2. The smallest absolute Gasteiger partial charge is 0.128 e. The van der Waals surface area contributed by atoms with Crippen LogP contribution in [0.1, 0.15) is 141 Å². The van der Waals surface area contributed by atoms with E-state index in [1.165, 1.54) is 0 Å². The summed E-state index contributed by atoms with van der Waals surface area (Å²) < 4.78 is 12.4. The lowest BCUT2D eigenvalue weighted by molar-refractivity contribution is 0.443. The van der Waals surface area contributed by atoms with Gasteiger partial charge in [0.05, 0.1) is 11.4 Å². The number of hydrogen-bond donors (Lipinski definition) is 2. The van der Waals surface area contributed by atoms with E-state index in [-0.39, 0.29) is 38.6 Å².